The molecule has 0 saturated carbocycles. The Morgan fingerprint density at radius 3 is 2.95 bits per heavy atom. The first-order chi connectivity index (χ1) is 9.69. The third kappa shape index (κ3) is 4.06. The molecule has 0 aliphatic heterocycles. The van der Waals surface area contributed by atoms with Crippen molar-refractivity contribution >= 4 is 23.1 Å². The summed E-state index contributed by atoms with van der Waals surface area (Å²) in [5.41, 5.74) is 1.69. The molecule has 2 aromatic heterocycles. The molecular weight excluding hydrogens is 270 g/mol. The highest BCUT2D eigenvalue weighted by molar-refractivity contribution is 7.07. The number of hydrogen-bond donors (Lipinski definition) is 2. The number of nitrogens with zero attached hydrogens (tertiary/aromatic N) is 1. The lowest BCUT2D eigenvalue weighted by Crippen LogP contribution is -2.34. The zero-order chi connectivity index (χ0) is 14.4. The Kier molecular flexibility index (Phi) is 5.12. The summed E-state index contributed by atoms with van der Waals surface area (Å²) in [6.45, 7) is 4.79. The molecule has 0 bridgehead atoms. The fraction of sp³-hybridized carbons (Fsp3) is 0.333. The summed E-state index contributed by atoms with van der Waals surface area (Å²) >= 11 is 1.67. The molecule has 1 atom stereocenters. The van der Waals surface area contributed by atoms with Crippen LogP contribution in [0.3, 0.4) is 0 Å². The van der Waals surface area contributed by atoms with Crippen LogP contribution in [-0.4, -0.2) is 23.5 Å². The number of amides is 1. The van der Waals surface area contributed by atoms with E-state index in [1.807, 2.05) is 31.4 Å². The Balaban J connectivity index is 1.95. The van der Waals surface area contributed by atoms with Crippen molar-refractivity contribution in [2.24, 2.45) is 0 Å². The minimum absolute atomic E-state index is 0.0849. The molecule has 106 valence electrons. The van der Waals surface area contributed by atoms with E-state index in [9.17, 15) is 4.79 Å². The van der Waals surface area contributed by atoms with Gasteiger partial charge in [-0.2, -0.15) is 11.3 Å². The average Bonchev–Trinajstić information content (AvgIpc) is 2.92. The van der Waals surface area contributed by atoms with Gasteiger partial charge < -0.3 is 10.6 Å². The minimum atomic E-state index is -0.132. The van der Waals surface area contributed by atoms with E-state index in [1.54, 1.807) is 17.4 Å². The molecule has 0 radical (unpaired) electrons. The number of carbonyl (C=O) groups excluding carboxylic acids is 1. The van der Waals surface area contributed by atoms with Gasteiger partial charge in [0.25, 0.3) is 5.91 Å². The number of nitrogens with one attached hydrogen (secondary N) is 2. The van der Waals surface area contributed by atoms with Crippen LogP contribution in [0.4, 0.5) is 5.82 Å². The number of rotatable bonds is 6. The maximum absolute atomic E-state index is 12.1. The van der Waals surface area contributed by atoms with Crippen LogP contribution in [-0.2, 0) is 6.42 Å². The molecule has 1 amide bonds. The quantitative estimate of drug-likeness (QED) is 0.859. The lowest BCUT2D eigenvalue weighted by Gasteiger charge is -2.13. The van der Waals surface area contributed by atoms with Gasteiger partial charge in [-0.15, -0.1) is 0 Å². The van der Waals surface area contributed by atoms with Crippen molar-refractivity contribution < 1.29 is 4.79 Å². The van der Waals surface area contributed by atoms with Crippen LogP contribution in [0.1, 0.15) is 29.9 Å². The standard InChI is InChI=1S/C15H19N3OS/c1-3-16-14-6-4-5-13(18-14)15(19)17-11(2)9-12-7-8-20-10-12/h4-8,10-11H,3,9H2,1-2H3,(H,16,18)(H,17,19). The third-order valence-corrected chi connectivity index (χ3v) is 3.57. The first kappa shape index (κ1) is 14.5. The van der Waals surface area contributed by atoms with Crippen LogP contribution in [0.15, 0.2) is 35.0 Å². The highest BCUT2D eigenvalue weighted by Gasteiger charge is 2.12. The smallest absolute Gasteiger partial charge is 0.270 e. The van der Waals surface area contributed by atoms with Gasteiger partial charge in [-0.3, -0.25) is 4.79 Å². The first-order valence-corrected chi connectivity index (χ1v) is 7.66. The number of anilines is 1. The molecule has 0 aliphatic rings. The molecule has 2 rings (SSSR count). The zero-order valence-electron chi connectivity index (χ0n) is 11.7. The lowest BCUT2D eigenvalue weighted by atomic mass is 10.1. The predicted octanol–water partition coefficient (Wildman–Crippen LogP) is 2.94. The summed E-state index contributed by atoms with van der Waals surface area (Å²) in [4.78, 5) is 16.4. The summed E-state index contributed by atoms with van der Waals surface area (Å²) < 4.78 is 0. The van der Waals surface area contributed by atoms with Crippen molar-refractivity contribution in [1.82, 2.24) is 10.3 Å². The zero-order valence-corrected chi connectivity index (χ0v) is 12.5. The van der Waals surface area contributed by atoms with Gasteiger partial charge in [0.05, 0.1) is 0 Å². The second-order valence-corrected chi connectivity index (χ2v) is 5.43. The number of pyridine rings is 1. The van der Waals surface area contributed by atoms with Crippen molar-refractivity contribution in [2.75, 3.05) is 11.9 Å². The summed E-state index contributed by atoms with van der Waals surface area (Å²) in [5, 5.41) is 10.2. The number of carbonyl (C=O) groups is 1. The van der Waals surface area contributed by atoms with E-state index >= 15 is 0 Å². The van der Waals surface area contributed by atoms with Crippen molar-refractivity contribution in [2.45, 2.75) is 26.3 Å². The predicted molar refractivity (Wildman–Crippen MR) is 83.4 cm³/mol. The molecule has 2 heterocycles. The molecule has 0 aliphatic carbocycles. The largest absolute Gasteiger partial charge is 0.370 e. The molecule has 0 spiro atoms. The van der Waals surface area contributed by atoms with Gasteiger partial charge in [-0.25, -0.2) is 4.98 Å². The minimum Gasteiger partial charge on any atom is -0.370 e. The molecule has 1 unspecified atom stereocenters. The molecule has 0 saturated heterocycles. The van der Waals surface area contributed by atoms with Crippen LogP contribution < -0.4 is 10.6 Å². The Bertz CT molecular complexity index is 554. The van der Waals surface area contributed by atoms with Crippen LogP contribution in [0.2, 0.25) is 0 Å². The van der Waals surface area contributed by atoms with E-state index in [4.69, 9.17) is 0 Å². The fourth-order valence-electron chi connectivity index (χ4n) is 1.95. The van der Waals surface area contributed by atoms with E-state index in [0.29, 0.717) is 5.69 Å². The summed E-state index contributed by atoms with van der Waals surface area (Å²) in [6, 6.07) is 7.59. The maximum Gasteiger partial charge on any atom is 0.270 e. The molecule has 2 N–H and O–H groups in total. The average molecular weight is 289 g/mol. The SMILES string of the molecule is CCNc1cccc(C(=O)NC(C)Cc2ccsc2)n1. The van der Waals surface area contributed by atoms with E-state index in [-0.39, 0.29) is 11.9 Å². The molecule has 0 fully saturated rings. The van der Waals surface area contributed by atoms with E-state index in [2.05, 4.69) is 27.1 Å². The van der Waals surface area contributed by atoms with E-state index in [0.717, 1.165) is 18.8 Å². The number of aromatic nitrogens is 1. The van der Waals surface area contributed by atoms with Gasteiger partial charge in [0.15, 0.2) is 0 Å². The van der Waals surface area contributed by atoms with Gasteiger partial charge in [-0.05, 0) is 54.8 Å². The second kappa shape index (κ2) is 7.05. The molecule has 5 heteroatoms. The molecule has 0 aromatic carbocycles. The van der Waals surface area contributed by atoms with Crippen LogP contribution in [0, 0.1) is 0 Å². The van der Waals surface area contributed by atoms with Crippen molar-refractivity contribution in [1.29, 1.82) is 0 Å². The van der Waals surface area contributed by atoms with E-state index < -0.39 is 0 Å². The van der Waals surface area contributed by atoms with Crippen LogP contribution >= 0.6 is 11.3 Å². The van der Waals surface area contributed by atoms with E-state index in [1.165, 1.54) is 5.56 Å². The summed E-state index contributed by atoms with van der Waals surface area (Å²) in [6.07, 6.45) is 0.835. The van der Waals surface area contributed by atoms with Crippen molar-refractivity contribution in [3.63, 3.8) is 0 Å². The highest BCUT2D eigenvalue weighted by Crippen LogP contribution is 2.09. The third-order valence-electron chi connectivity index (χ3n) is 2.84. The monoisotopic (exact) mass is 289 g/mol. The normalized spacial score (nSPS) is 11.9. The lowest BCUT2D eigenvalue weighted by molar-refractivity contribution is 0.0935. The Labute approximate surface area is 123 Å². The maximum atomic E-state index is 12.1. The fourth-order valence-corrected chi connectivity index (χ4v) is 2.63. The topological polar surface area (TPSA) is 54.0 Å². The first-order valence-electron chi connectivity index (χ1n) is 6.72. The Hall–Kier alpha value is -1.88. The molecule has 2 aromatic rings. The summed E-state index contributed by atoms with van der Waals surface area (Å²) in [5.74, 6) is 0.595. The van der Waals surface area contributed by atoms with Crippen LogP contribution in [0.25, 0.3) is 0 Å². The Morgan fingerprint density at radius 1 is 1.40 bits per heavy atom. The number of thiophene rings is 1. The number of hydrogen-bond acceptors (Lipinski definition) is 4. The highest BCUT2D eigenvalue weighted by atomic mass is 32.1. The molecular formula is C15H19N3OS. The van der Waals surface area contributed by atoms with Gasteiger partial charge in [0.1, 0.15) is 11.5 Å². The van der Waals surface area contributed by atoms with Crippen molar-refractivity contribution in [3.8, 4) is 0 Å². The van der Waals surface area contributed by atoms with Gasteiger partial charge in [-0.1, -0.05) is 6.07 Å². The molecule has 4 nitrogen and oxygen atoms in total. The van der Waals surface area contributed by atoms with Crippen molar-refractivity contribution in [3.05, 3.63) is 46.3 Å². The van der Waals surface area contributed by atoms with Gasteiger partial charge in [0.2, 0.25) is 0 Å². The summed E-state index contributed by atoms with van der Waals surface area (Å²) in [7, 11) is 0. The van der Waals surface area contributed by atoms with Gasteiger partial charge in [0, 0.05) is 12.6 Å². The Morgan fingerprint density at radius 2 is 2.25 bits per heavy atom. The second-order valence-electron chi connectivity index (χ2n) is 4.65. The van der Waals surface area contributed by atoms with Gasteiger partial charge >= 0.3 is 0 Å². The molecule has 20 heavy (non-hydrogen) atoms. The van der Waals surface area contributed by atoms with Crippen LogP contribution in [0.5, 0.6) is 0 Å².